The van der Waals surface area contributed by atoms with E-state index in [1.807, 2.05) is 37.3 Å². The van der Waals surface area contributed by atoms with Gasteiger partial charge in [0.15, 0.2) is 0 Å². The molecule has 1 aromatic heterocycles. The molecule has 4 heteroatoms. The molecule has 0 bridgehead atoms. The maximum absolute atomic E-state index is 5.53. The summed E-state index contributed by atoms with van der Waals surface area (Å²) in [7, 11) is 0. The van der Waals surface area contributed by atoms with E-state index in [0.29, 0.717) is 6.61 Å². The number of para-hydroxylation sites is 1. The molecule has 1 heterocycles. The Bertz CT molecular complexity index is 1120. The maximum Gasteiger partial charge on any atom is 0.269 e. The SMILES string of the molecule is CCOc1ccc(N/C(C)=C/c2scc(-c3ccccc3)[n+]2-c2ccccc2)cc1. The molecule has 0 fully saturated rings. The van der Waals surface area contributed by atoms with Gasteiger partial charge in [-0.3, -0.25) is 0 Å². The number of ether oxygens (including phenoxy) is 1. The van der Waals surface area contributed by atoms with Crippen molar-refractivity contribution in [3.05, 3.63) is 101 Å². The van der Waals surface area contributed by atoms with Gasteiger partial charge in [0.1, 0.15) is 5.75 Å². The van der Waals surface area contributed by atoms with Gasteiger partial charge in [-0.05, 0) is 50.2 Å². The quantitative estimate of drug-likeness (QED) is 0.347. The van der Waals surface area contributed by atoms with Crippen molar-refractivity contribution in [2.45, 2.75) is 13.8 Å². The summed E-state index contributed by atoms with van der Waals surface area (Å²) >= 11 is 1.74. The van der Waals surface area contributed by atoms with Crippen molar-refractivity contribution in [2.24, 2.45) is 0 Å². The zero-order chi connectivity index (χ0) is 20.8. The first-order chi connectivity index (χ1) is 14.7. The van der Waals surface area contributed by atoms with Gasteiger partial charge in [0.05, 0.1) is 12.0 Å². The predicted molar refractivity (Wildman–Crippen MR) is 126 cm³/mol. The lowest BCUT2D eigenvalue weighted by molar-refractivity contribution is -0.580. The molecule has 0 spiro atoms. The Balaban J connectivity index is 1.67. The van der Waals surface area contributed by atoms with Gasteiger partial charge in [0.2, 0.25) is 11.4 Å². The maximum atomic E-state index is 5.53. The Labute approximate surface area is 181 Å². The summed E-state index contributed by atoms with van der Waals surface area (Å²) in [4.78, 5) is 0. The minimum absolute atomic E-state index is 0.674. The van der Waals surface area contributed by atoms with Crippen LogP contribution in [-0.4, -0.2) is 6.61 Å². The highest BCUT2D eigenvalue weighted by Crippen LogP contribution is 2.24. The van der Waals surface area contributed by atoms with Crippen LogP contribution in [-0.2, 0) is 0 Å². The molecule has 4 rings (SSSR count). The van der Waals surface area contributed by atoms with E-state index in [1.165, 1.54) is 11.3 Å². The van der Waals surface area contributed by atoms with Crippen LogP contribution in [0.15, 0.2) is 96.0 Å². The minimum atomic E-state index is 0.674. The Kier molecular flexibility index (Phi) is 6.26. The predicted octanol–water partition coefficient (Wildman–Crippen LogP) is 6.56. The second-order valence-electron chi connectivity index (χ2n) is 6.91. The third-order valence-electron chi connectivity index (χ3n) is 4.68. The highest BCUT2D eigenvalue weighted by molar-refractivity contribution is 7.10. The van der Waals surface area contributed by atoms with Gasteiger partial charge >= 0.3 is 0 Å². The number of nitrogens with one attached hydrogen (secondary N) is 1. The molecule has 0 radical (unpaired) electrons. The van der Waals surface area contributed by atoms with E-state index in [4.69, 9.17) is 4.74 Å². The van der Waals surface area contributed by atoms with Crippen LogP contribution in [0.1, 0.15) is 18.9 Å². The van der Waals surface area contributed by atoms with Crippen LogP contribution in [0.4, 0.5) is 5.69 Å². The molecule has 150 valence electrons. The van der Waals surface area contributed by atoms with Crippen molar-refractivity contribution in [3.8, 4) is 22.7 Å². The number of anilines is 1. The molecule has 0 amide bonds. The van der Waals surface area contributed by atoms with E-state index in [1.54, 1.807) is 11.3 Å². The summed E-state index contributed by atoms with van der Waals surface area (Å²) in [6.07, 6.45) is 2.20. The number of thiazole rings is 1. The lowest BCUT2D eigenvalue weighted by atomic mass is 10.1. The zero-order valence-electron chi connectivity index (χ0n) is 17.2. The topological polar surface area (TPSA) is 25.1 Å². The number of rotatable bonds is 7. The largest absolute Gasteiger partial charge is 0.494 e. The first-order valence-corrected chi connectivity index (χ1v) is 10.9. The lowest BCUT2D eigenvalue weighted by Crippen LogP contribution is -2.33. The Hall–Kier alpha value is -3.37. The molecule has 30 heavy (non-hydrogen) atoms. The van der Waals surface area contributed by atoms with E-state index in [9.17, 15) is 0 Å². The molecule has 0 saturated carbocycles. The van der Waals surface area contributed by atoms with Crippen LogP contribution in [0.2, 0.25) is 0 Å². The van der Waals surface area contributed by atoms with Crippen LogP contribution in [0.25, 0.3) is 23.0 Å². The van der Waals surface area contributed by atoms with Crippen molar-refractivity contribution in [1.29, 1.82) is 0 Å². The van der Waals surface area contributed by atoms with Crippen LogP contribution in [0, 0.1) is 0 Å². The fourth-order valence-corrected chi connectivity index (χ4v) is 4.37. The fourth-order valence-electron chi connectivity index (χ4n) is 3.34. The highest BCUT2D eigenvalue weighted by atomic mass is 32.1. The summed E-state index contributed by atoms with van der Waals surface area (Å²) in [5, 5.41) is 6.87. The fraction of sp³-hybridized carbons (Fsp3) is 0.115. The first kappa shape index (κ1) is 19.9. The summed E-state index contributed by atoms with van der Waals surface area (Å²) in [6, 6.07) is 29.1. The monoisotopic (exact) mass is 413 g/mol. The van der Waals surface area contributed by atoms with Crippen LogP contribution >= 0.6 is 11.3 Å². The second-order valence-corrected chi connectivity index (χ2v) is 7.80. The van der Waals surface area contributed by atoms with Gasteiger partial charge < -0.3 is 10.1 Å². The number of hydrogen-bond donors (Lipinski definition) is 1. The second kappa shape index (κ2) is 9.42. The molecule has 3 aromatic carbocycles. The molecule has 0 aliphatic heterocycles. The van der Waals surface area contributed by atoms with E-state index in [2.05, 4.69) is 82.9 Å². The first-order valence-electron chi connectivity index (χ1n) is 10.1. The highest BCUT2D eigenvalue weighted by Gasteiger charge is 2.22. The molecular weight excluding hydrogens is 388 g/mol. The molecule has 0 saturated heterocycles. The molecule has 0 unspecified atom stereocenters. The van der Waals surface area contributed by atoms with Crippen LogP contribution in [0.3, 0.4) is 0 Å². The van der Waals surface area contributed by atoms with E-state index < -0.39 is 0 Å². The van der Waals surface area contributed by atoms with Gasteiger partial charge in [-0.15, -0.1) is 4.57 Å². The Morgan fingerprint density at radius 3 is 2.27 bits per heavy atom. The normalized spacial score (nSPS) is 11.3. The summed E-state index contributed by atoms with van der Waals surface area (Å²) in [5.74, 6) is 0.886. The van der Waals surface area contributed by atoms with Crippen molar-refractivity contribution in [1.82, 2.24) is 0 Å². The average molecular weight is 414 g/mol. The number of hydrogen-bond acceptors (Lipinski definition) is 3. The molecule has 4 aromatic rings. The van der Waals surface area contributed by atoms with Crippen LogP contribution < -0.4 is 14.6 Å². The number of nitrogens with zero attached hydrogens (tertiary/aromatic N) is 1. The molecule has 0 aliphatic carbocycles. The molecule has 1 N–H and O–H groups in total. The lowest BCUT2D eigenvalue weighted by Gasteiger charge is -2.08. The van der Waals surface area contributed by atoms with Gasteiger partial charge in [-0.1, -0.05) is 47.7 Å². The average Bonchev–Trinajstić information content (AvgIpc) is 3.20. The zero-order valence-corrected chi connectivity index (χ0v) is 18.0. The van der Waals surface area contributed by atoms with Crippen LogP contribution in [0.5, 0.6) is 5.75 Å². The van der Waals surface area contributed by atoms with Crippen molar-refractivity contribution in [2.75, 3.05) is 11.9 Å². The van der Waals surface area contributed by atoms with Gasteiger partial charge in [-0.25, -0.2) is 0 Å². The molecular formula is C26H25N2OS+. The summed E-state index contributed by atoms with van der Waals surface area (Å²) in [5.41, 5.74) is 5.66. The van der Waals surface area contributed by atoms with Crippen molar-refractivity contribution >= 4 is 23.1 Å². The number of aromatic nitrogens is 1. The molecule has 0 atom stereocenters. The van der Waals surface area contributed by atoms with E-state index in [-0.39, 0.29) is 0 Å². The number of benzene rings is 3. The van der Waals surface area contributed by atoms with E-state index >= 15 is 0 Å². The number of allylic oxidation sites excluding steroid dienone is 1. The van der Waals surface area contributed by atoms with E-state index in [0.717, 1.165) is 27.8 Å². The standard InChI is InChI=1S/C26H24N2OS/c1-3-29-24-16-14-22(15-17-24)27-20(2)18-26-28(23-12-8-5-9-13-23)25(19-30-26)21-10-6-4-7-11-21/h4-19H,3H2,1-2H3/p+1. The molecule has 0 aliphatic rings. The van der Waals surface area contributed by atoms with Crippen molar-refractivity contribution in [3.63, 3.8) is 0 Å². The van der Waals surface area contributed by atoms with Crippen molar-refractivity contribution < 1.29 is 9.30 Å². The third-order valence-corrected chi connectivity index (χ3v) is 5.57. The minimum Gasteiger partial charge on any atom is -0.494 e. The third kappa shape index (κ3) is 4.61. The molecule has 3 nitrogen and oxygen atoms in total. The van der Waals surface area contributed by atoms with Gasteiger partial charge in [-0.2, -0.15) is 0 Å². The van der Waals surface area contributed by atoms with Gasteiger partial charge in [0.25, 0.3) is 5.01 Å². The smallest absolute Gasteiger partial charge is 0.269 e. The van der Waals surface area contributed by atoms with Gasteiger partial charge in [0, 0.05) is 35.2 Å². The Morgan fingerprint density at radius 2 is 1.60 bits per heavy atom. The summed E-state index contributed by atoms with van der Waals surface area (Å²) in [6.45, 7) is 4.76. The summed E-state index contributed by atoms with van der Waals surface area (Å²) < 4.78 is 7.84. The Morgan fingerprint density at radius 1 is 0.933 bits per heavy atom.